The van der Waals surface area contributed by atoms with Crippen LogP contribution < -0.4 is 16.4 Å². The lowest BCUT2D eigenvalue weighted by Crippen LogP contribution is -2.34. The Kier molecular flexibility index (Phi) is 2.86. The molecule has 0 atom stereocenters. The van der Waals surface area contributed by atoms with Gasteiger partial charge in [-0.05, 0) is 0 Å². The second kappa shape index (κ2) is 4.31. The molecule has 2 amide bonds. The molecule has 1 aliphatic rings. The molecule has 0 saturated heterocycles. The second-order valence-corrected chi connectivity index (χ2v) is 3.61. The van der Waals surface area contributed by atoms with Crippen LogP contribution in [0.4, 0.5) is 0 Å². The van der Waals surface area contributed by atoms with Gasteiger partial charge in [0.15, 0.2) is 5.69 Å². The first-order valence-corrected chi connectivity index (χ1v) is 5.02. The molecule has 0 fully saturated rings. The summed E-state index contributed by atoms with van der Waals surface area (Å²) in [5, 5.41) is 12.3. The molecular formula is C9H13N5O2. The van der Waals surface area contributed by atoms with Crippen LogP contribution in [0.2, 0.25) is 0 Å². The third kappa shape index (κ3) is 2.03. The number of H-pyrrole nitrogens is 1. The van der Waals surface area contributed by atoms with Gasteiger partial charge in [-0.2, -0.15) is 5.10 Å². The number of rotatable bonds is 3. The number of nitrogens with zero attached hydrogens (tertiary/aromatic N) is 1. The molecule has 86 valence electrons. The maximum atomic E-state index is 11.7. The Labute approximate surface area is 91.8 Å². The molecule has 2 rings (SSSR count). The lowest BCUT2D eigenvalue weighted by molar-refractivity contribution is -0.117. The van der Waals surface area contributed by atoms with Gasteiger partial charge in [0.05, 0.1) is 6.54 Å². The van der Waals surface area contributed by atoms with E-state index in [0.29, 0.717) is 12.2 Å². The number of fused-ring (bicyclic) bond motifs is 1. The van der Waals surface area contributed by atoms with Crippen molar-refractivity contribution in [2.45, 2.75) is 13.0 Å². The van der Waals surface area contributed by atoms with Gasteiger partial charge in [0.2, 0.25) is 5.91 Å². The highest BCUT2D eigenvalue weighted by Gasteiger charge is 2.21. The van der Waals surface area contributed by atoms with E-state index in [1.54, 1.807) is 0 Å². The summed E-state index contributed by atoms with van der Waals surface area (Å²) in [5.41, 5.74) is 7.12. The molecule has 7 heteroatoms. The molecule has 1 aliphatic heterocycles. The average Bonchev–Trinajstić information content (AvgIpc) is 2.69. The summed E-state index contributed by atoms with van der Waals surface area (Å²) in [6.07, 6.45) is 0.825. The van der Waals surface area contributed by atoms with Crippen molar-refractivity contribution >= 4 is 11.8 Å². The number of nitrogens with one attached hydrogen (secondary N) is 3. The standard InChI is InChI=1S/C9H13N5O2/c10-7(15)4-12-9(16)8-5-3-11-2-1-6(5)13-14-8/h11H,1-4H2,(H2,10,15)(H,12,16)(H,13,14). The van der Waals surface area contributed by atoms with E-state index in [1.807, 2.05) is 0 Å². The van der Waals surface area contributed by atoms with Gasteiger partial charge in [0.25, 0.3) is 5.91 Å². The first kappa shape index (κ1) is 10.6. The van der Waals surface area contributed by atoms with Gasteiger partial charge in [-0.15, -0.1) is 0 Å². The number of amides is 2. The van der Waals surface area contributed by atoms with Crippen molar-refractivity contribution < 1.29 is 9.59 Å². The molecule has 7 nitrogen and oxygen atoms in total. The van der Waals surface area contributed by atoms with Gasteiger partial charge in [-0.1, -0.05) is 0 Å². The molecule has 1 aromatic rings. The SMILES string of the molecule is NC(=O)CNC(=O)c1n[nH]c2c1CNCC2. The molecule has 0 aliphatic carbocycles. The van der Waals surface area contributed by atoms with Crippen LogP contribution in [0.15, 0.2) is 0 Å². The number of aromatic amines is 1. The quantitative estimate of drug-likeness (QED) is 0.487. The maximum absolute atomic E-state index is 11.7. The van der Waals surface area contributed by atoms with Crippen LogP contribution in [-0.2, 0) is 17.8 Å². The van der Waals surface area contributed by atoms with E-state index < -0.39 is 5.91 Å². The molecule has 5 N–H and O–H groups in total. The summed E-state index contributed by atoms with van der Waals surface area (Å²) in [4.78, 5) is 22.2. The normalized spacial score (nSPS) is 14.2. The highest BCUT2D eigenvalue weighted by molar-refractivity contribution is 5.96. The highest BCUT2D eigenvalue weighted by Crippen LogP contribution is 2.14. The summed E-state index contributed by atoms with van der Waals surface area (Å²) in [7, 11) is 0. The molecule has 0 bridgehead atoms. The van der Waals surface area contributed by atoms with Crippen molar-refractivity contribution in [3.63, 3.8) is 0 Å². The zero-order valence-electron chi connectivity index (χ0n) is 8.67. The molecule has 0 radical (unpaired) electrons. The first-order valence-electron chi connectivity index (χ1n) is 5.02. The van der Waals surface area contributed by atoms with E-state index in [9.17, 15) is 9.59 Å². The zero-order valence-corrected chi connectivity index (χ0v) is 8.67. The summed E-state index contributed by atoms with van der Waals surface area (Å²) in [6, 6.07) is 0. The minimum absolute atomic E-state index is 0.173. The number of carbonyl (C=O) groups excluding carboxylic acids is 2. The van der Waals surface area contributed by atoms with Crippen LogP contribution >= 0.6 is 0 Å². The Morgan fingerprint density at radius 2 is 2.31 bits per heavy atom. The molecule has 16 heavy (non-hydrogen) atoms. The van der Waals surface area contributed by atoms with E-state index in [2.05, 4.69) is 20.8 Å². The van der Waals surface area contributed by atoms with Gasteiger partial charge in [-0.3, -0.25) is 14.7 Å². The molecule has 0 spiro atoms. The predicted octanol–water partition coefficient (Wildman–Crippen LogP) is -1.73. The summed E-state index contributed by atoms with van der Waals surface area (Å²) in [5.74, 6) is -0.948. The molecule has 0 saturated carbocycles. The van der Waals surface area contributed by atoms with E-state index in [-0.39, 0.29) is 12.5 Å². The molecule has 2 heterocycles. The fourth-order valence-electron chi connectivity index (χ4n) is 1.66. The summed E-state index contributed by atoms with van der Waals surface area (Å²) in [6.45, 7) is 1.32. The molecule has 1 aromatic heterocycles. The highest BCUT2D eigenvalue weighted by atomic mass is 16.2. The molecule has 0 aromatic carbocycles. The third-order valence-corrected chi connectivity index (χ3v) is 2.44. The summed E-state index contributed by atoms with van der Waals surface area (Å²) < 4.78 is 0. The fraction of sp³-hybridized carbons (Fsp3) is 0.444. The van der Waals surface area contributed by atoms with Gasteiger partial charge in [0.1, 0.15) is 0 Å². The first-order chi connectivity index (χ1) is 7.68. The van der Waals surface area contributed by atoms with Crippen molar-refractivity contribution in [2.75, 3.05) is 13.1 Å². The fourth-order valence-corrected chi connectivity index (χ4v) is 1.66. The number of nitrogens with two attached hydrogens (primary N) is 1. The molecular weight excluding hydrogens is 210 g/mol. The number of aromatic nitrogens is 2. The van der Waals surface area contributed by atoms with Crippen LogP contribution in [0.3, 0.4) is 0 Å². The van der Waals surface area contributed by atoms with E-state index in [4.69, 9.17) is 5.73 Å². The number of carbonyl (C=O) groups is 2. The summed E-state index contributed by atoms with van der Waals surface area (Å²) >= 11 is 0. The Bertz CT molecular complexity index is 426. The number of primary amides is 1. The Balaban J connectivity index is 2.11. The Morgan fingerprint density at radius 1 is 1.50 bits per heavy atom. The Morgan fingerprint density at radius 3 is 3.06 bits per heavy atom. The van der Waals surface area contributed by atoms with E-state index >= 15 is 0 Å². The monoisotopic (exact) mass is 223 g/mol. The van der Waals surface area contributed by atoms with E-state index in [0.717, 1.165) is 24.2 Å². The maximum Gasteiger partial charge on any atom is 0.272 e. The van der Waals surface area contributed by atoms with Gasteiger partial charge < -0.3 is 16.4 Å². The number of hydrogen-bond acceptors (Lipinski definition) is 4. The average molecular weight is 223 g/mol. The van der Waals surface area contributed by atoms with Crippen molar-refractivity contribution in [3.8, 4) is 0 Å². The second-order valence-electron chi connectivity index (χ2n) is 3.61. The smallest absolute Gasteiger partial charge is 0.272 e. The van der Waals surface area contributed by atoms with Crippen molar-refractivity contribution in [2.24, 2.45) is 5.73 Å². The zero-order chi connectivity index (χ0) is 11.5. The predicted molar refractivity (Wildman–Crippen MR) is 55.5 cm³/mol. The van der Waals surface area contributed by atoms with Crippen LogP contribution in [0.1, 0.15) is 21.7 Å². The minimum atomic E-state index is -0.573. The van der Waals surface area contributed by atoms with Crippen LogP contribution in [0.25, 0.3) is 0 Å². The topological polar surface area (TPSA) is 113 Å². The third-order valence-electron chi connectivity index (χ3n) is 2.44. The Hall–Kier alpha value is -1.89. The largest absolute Gasteiger partial charge is 0.368 e. The van der Waals surface area contributed by atoms with Gasteiger partial charge in [-0.25, -0.2) is 0 Å². The van der Waals surface area contributed by atoms with Crippen LogP contribution in [0, 0.1) is 0 Å². The van der Waals surface area contributed by atoms with Gasteiger partial charge in [0, 0.05) is 30.8 Å². The van der Waals surface area contributed by atoms with Gasteiger partial charge >= 0.3 is 0 Å². The van der Waals surface area contributed by atoms with Crippen molar-refractivity contribution in [1.82, 2.24) is 20.8 Å². The lowest BCUT2D eigenvalue weighted by Gasteiger charge is -2.12. The lowest BCUT2D eigenvalue weighted by atomic mass is 10.1. The van der Waals surface area contributed by atoms with Crippen LogP contribution in [-0.4, -0.2) is 35.1 Å². The van der Waals surface area contributed by atoms with Crippen molar-refractivity contribution in [3.05, 3.63) is 17.0 Å². The van der Waals surface area contributed by atoms with Crippen molar-refractivity contribution in [1.29, 1.82) is 0 Å². The minimum Gasteiger partial charge on any atom is -0.368 e. The van der Waals surface area contributed by atoms with Crippen LogP contribution in [0.5, 0.6) is 0 Å². The number of hydrogen-bond donors (Lipinski definition) is 4. The molecule has 0 unspecified atom stereocenters. The van der Waals surface area contributed by atoms with E-state index in [1.165, 1.54) is 0 Å².